The van der Waals surface area contributed by atoms with Crippen LogP contribution in [0.2, 0.25) is 0 Å². The molecule has 0 aromatic carbocycles. The van der Waals surface area contributed by atoms with Crippen LogP contribution in [-0.4, -0.2) is 23.2 Å². The van der Waals surface area contributed by atoms with Crippen molar-refractivity contribution in [1.29, 1.82) is 0 Å². The van der Waals surface area contributed by atoms with E-state index in [1.54, 1.807) is 0 Å². The second-order valence-electron chi connectivity index (χ2n) is 3.84. The van der Waals surface area contributed by atoms with Crippen molar-refractivity contribution in [2.24, 2.45) is 17.4 Å². The van der Waals surface area contributed by atoms with Gasteiger partial charge in [-0.3, -0.25) is 4.79 Å². The van der Waals surface area contributed by atoms with Gasteiger partial charge >= 0.3 is 5.97 Å². The average Bonchev–Trinajstić information content (AvgIpc) is 2.17. The highest BCUT2D eigenvalue weighted by atomic mass is 16.4. The minimum atomic E-state index is -0.988. The normalized spacial score (nSPS) is 23.8. The summed E-state index contributed by atoms with van der Waals surface area (Å²) in [5, 5.41) is 8.68. The molecule has 2 atom stereocenters. The Kier molecular flexibility index (Phi) is 3.69. The second kappa shape index (κ2) is 4.58. The summed E-state index contributed by atoms with van der Waals surface area (Å²) in [4.78, 5) is 10.6. The number of hydrogen-bond donors (Lipinski definition) is 3. The maximum atomic E-state index is 10.6. The molecule has 4 nitrogen and oxygen atoms in total. The van der Waals surface area contributed by atoms with E-state index in [1.807, 2.05) is 0 Å². The van der Waals surface area contributed by atoms with Gasteiger partial charge in [-0.1, -0.05) is 19.3 Å². The van der Waals surface area contributed by atoms with Crippen LogP contribution in [-0.2, 0) is 4.79 Å². The monoisotopic (exact) mass is 186 g/mol. The lowest BCUT2D eigenvalue weighted by Gasteiger charge is -2.29. The van der Waals surface area contributed by atoms with Gasteiger partial charge in [0.05, 0.1) is 0 Å². The van der Waals surface area contributed by atoms with Crippen molar-refractivity contribution < 1.29 is 9.90 Å². The minimum Gasteiger partial charge on any atom is -0.480 e. The van der Waals surface area contributed by atoms with Crippen molar-refractivity contribution in [2.45, 2.75) is 44.2 Å². The van der Waals surface area contributed by atoms with E-state index in [1.165, 1.54) is 6.42 Å². The molecule has 0 aromatic heterocycles. The topological polar surface area (TPSA) is 89.3 Å². The molecule has 1 saturated carbocycles. The van der Waals surface area contributed by atoms with Gasteiger partial charge in [0.2, 0.25) is 0 Å². The quantitative estimate of drug-likeness (QED) is 0.591. The van der Waals surface area contributed by atoms with Crippen LogP contribution in [0.15, 0.2) is 0 Å². The van der Waals surface area contributed by atoms with Crippen LogP contribution in [0.5, 0.6) is 0 Å². The number of aliphatic carboxylic acids is 1. The fourth-order valence-corrected chi connectivity index (χ4v) is 1.98. The Morgan fingerprint density at radius 2 is 1.77 bits per heavy atom. The summed E-state index contributed by atoms with van der Waals surface area (Å²) < 4.78 is 0. The van der Waals surface area contributed by atoms with E-state index in [0.717, 1.165) is 25.7 Å². The molecule has 0 aromatic rings. The van der Waals surface area contributed by atoms with Gasteiger partial charge in [0.1, 0.15) is 6.04 Å². The molecule has 1 aliphatic rings. The second-order valence-corrected chi connectivity index (χ2v) is 3.84. The first-order valence-corrected chi connectivity index (χ1v) is 4.87. The molecule has 0 amide bonds. The summed E-state index contributed by atoms with van der Waals surface area (Å²) in [6.45, 7) is 0. The van der Waals surface area contributed by atoms with E-state index in [2.05, 4.69) is 0 Å². The lowest BCUT2D eigenvalue weighted by Crippen LogP contribution is -2.51. The Hall–Kier alpha value is -0.610. The minimum absolute atomic E-state index is 0.305. The third kappa shape index (κ3) is 2.67. The lowest BCUT2D eigenvalue weighted by atomic mass is 9.82. The molecule has 13 heavy (non-hydrogen) atoms. The summed E-state index contributed by atoms with van der Waals surface area (Å²) in [5.41, 5.74) is 11.3. The van der Waals surface area contributed by atoms with Crippen molar-refractivity contribution >= 4 is 5.97 Å². The highest BCUT2D eigenvalue weighted by molar-refractivity contribution is 5.74. The van der Waals surface area contributed by atoms with E-state index in [4.69, 9.17) is 16.6 Å². The molecule has 0 spiro atoms. The lowest BCUT2D eigenvalue weighted by molar-refractivity contribution is -0.139. The molecule has 0 heterocycles. The van der Waals surface area contributed by atoms with Crippen molar-refractivity contribution in [3.63, 3.8) is 0 Å². The van der Waals surface area contributed by atoms with Gasteiger partial charge in [0.25, 0.3) is 0 Å². The largest absolute Gasteiger partial charge is 0.480 e. The van der Waals surface area contributed by atoms with Crippen LogP contribution in [0.25, 0.3) is 0 Å². The van der Waals surface area contributed by atoms with Crippen LogP contribution in [0, 0.1) is 5.92 Å². The van der Waals surface area contributed by atoms with Crippen molar-refractivity contribution in [2.75, 3.05) is 0 Å². The van der Waals surface area contributed by atoms with Crippen LogP contribution < -0.4 is 11.5 Å². The molecular weight excluding hydrogens is 168 g/mol. The van der Waals surface area contributed by atoms with Gasteiger partial charge in [-0.05, 0) is 18.8 Å². The molecule has 76 valence electrons. The Bertz CT molecular complexity index is 178. The number of carboxylic acid groups (broad SMARTS) is 1. The molecule has 1 fully saturated rings. The van der Waals surface area contributed by atoms with E-state index in [9.17, 15) is 4.79 Å². The molecule has 1 aliphatic carbocycles. The van der Waals surface area contributed by atoms with Crippen molar-refractivity contribution in [3.05, 3.63) is 0 Å². The fraction of sp³-hybridized carbons (Fsp3) is 0.889. The molecule has 0 aliphatic heterocycles. The third-order valence-electron chi connectivity index (χ3n) is 2.89. The standard InChI is InChI=1S/C9H18N2O2/c10-7(8(11)9(12)13)6-4-2-1-3-5-6/h6-8H,1-5,10-11H2,(H,12,13). The smallest absolute Gasteiger partial charge is 0.322 e. The summed E-state index contributed by atoms with van der Waals surface area (Å²) in [7, 11) is 0. The summed E-state index contributed by atoms with van der Waals surface area (Å²) >= 11 is 0. The SMILES string of the molecule is NC(C(=O)O)C(N)C1CCCCC1. The Balaban J connectivity index is 2.44. The van der Waals surface area contributed by atoms with E-state index in [-0.39, 0.29) is 6.04 Å². The maximum Gasteiger partial charge on any atom is 0.322 e. The molecule has 0 saturated heterocycles. The highest BCUT2D eigenvalue weighted by Crippen LogP contribution is 2.26. The zero-order valence-corrected chi connectivity index (χ0v) is 7.78. The van der Waals surface area contributed by atoms with Crippen LogP contribution in [0.1, 0.15) is 32.1 Å². The Morgan fingerprint density at radius 1 is 1.23 bits per heavy atom. The Morgan fingerprint density at radius 3 is 2.23 bits per heavy atom. The molecule has 0 bridgehead atoms. The highest BCUT2D eigenvalue weighted by Gasteiger charge is 2.29. The summed E-state index contributed by atoms with van der Waals surface area (Å²) in [6.07, 6.45) is 5.62. The number of rotatable bonds is 3. The number of carbonyl (C=O) groups is 1. The molecule has 2 unspecified atom stereocenters. The molecular formula is C9H18N2O2. The molecule has 0 radical (unpaired) electrons. The number of carboxylic acids is 1. The summed E-state index contributed by atoms with van der Waals surface area (Å²) in [6, 6.07) is -1.28. The van der Waals surface area contributed by atoms with Gasteiger partial charge in [-0.25, -0.2) is 0 Å². The van der Waals surface area contributed by atoms with Crippen molar-refractivity contribution in [1.82, 2.24) is 0 Å². The van der Waals surface area contributed by atoms with Gasteiger partial charge < -0.3 is 16.6 Å². The van der Waals surface area contributed by atoms with Gasteiger partial charge in [-0.2, -0.15) is 0 Å². The van der Waals surface area contributed by atoms with E-state index < -0.39 is 12.0 Å². The van der Waals surface area contributed by atoms with Gasteiger partial charge in [-0.15, -0.1) is 0 Å². The molecule has 5 N–H and O–H groups in total. The predicted octanol–water partition coefficient (Wildman–Crippen LogP) is 0.306. The maximum absolute atomic E-state index is 10.6. The zero-order valence-electron chi connectivity index (χ0n) is 7.78. The Labute approximate surface area is 78.3 Å². The van der Waals surface area contributed by atoms with Crippen LogP contribution in [0.4, 0.5) is 0 Å². The molecule has 1 rings (SSSR count). The van der Waals surface area contributed by atoms with E-state index in [0.29, 0.717) is 5.92 Å². The summed E-state index contributed by atoms with van der Waals surface area (Å²) in [5.74, 6) is -0.682. The van der Waals surface area contributed by atoms with E-state index >= 15 is 0 Å². The first-order chi connectivity index (χ1) is 6.13. The number of hydrogen-bond acceptors (Lipinski definition) is 3. The van der Waals surface area contributed by atoms with Gasteiger partial charge in [0.15, 0.2) is 0 Å². The zero-order chi connectivity index (χ0) is 9.84. The van der Waals surface area contributed by atoms with Gasteiger partial charge in [0, 0.05) is 6.04 Å². The first kappa shape index (κ1) is 10.5. The number of nitrogens with two attached hydrogens (primary N) is 2. The molecule has 4 heteroatoms. The van der Waals surface area contributed by atoms with Crippen LogP contribution >= 0.6 is 0 Å². The predicted molar refractivity (Wildman–Crippen MR) is 50.2 cm³/mol. The van der Waals surface area contributed by atoms with Crippen molar-refractivity contribution in [3.8, 4) is 0 Å². The average molecular weight is 186 g/mol. The third-order valence-corrected chi connectivity index (χ3v) is 2.89. The first-order valence-electron chi connectivity index (χ1n) is 4.87. The van der Waals surface area contributed by atoms with Crippen LogP contribution in [0.3, 0.4) is 0 Å². The fourth-order valence-electron chi connectivity index (χ4n) is 1.98.